The van der Waals surface area contributed by atoms with Crippen LogP contribution < -0.4 is 5.73 Å². The number of morpholine rings is 1. The number of hydrogen-bond acceptors (Lipinski definition) is 4. The molecular formula is C15H30N2O2. The summed E-state index contributed by atoms with van der Waals surface area (Å²) in [5.41, 5.74) is 6.37. The lowest BCUT2D eigenvalue weighted by molar-refractivity contribution is -0.101. The van der Waals surface area contributed by atoms with E-state index in [-0.39, 0.29) is 18.8 Å². The molecule has 1 heterocycles. The lowest BCUT2D eigenvalue weighted by Crippen LogP contribution is -2.53. The van der Waals surface area contributed by atoms with Crippen LogP contribution in [0.3, 0.4) is 0 Å². The molecule has 1 saturated heterocycles. The summed E-state index contributed by atoms with van der Waals surface area (Å²) in [6.45, 7) is 9.71. The highest BCUT2D eigenvalue weighted by Gasteiger charge is 2.34. The number of nitrogens with two attached hydrogens (primary N) is 1. The van der Waals surface area contributed by atoms with Gasteiger partial charge in [-0.1, -0.05) is 13.8 Å². The normalized spacial score (nSPS) is 45.3. The van der Waals surface area contributed by atoms with Gasteiger partial charge in [0.05, 0.1) is 18.8 Å². The monoisotopic (exact) mass is 270 g/mol. The van der Waals surface area contributed by atoms with Crippen LogP contribution >= 0.6 is 0 Å². The summed E-state index contributed by atoms with van der Waals surface area (Å²) in [5, 5.41) is 9.29. The molecule has 0 amide bonds. The van der Waals surface area contributed by atoms with Gasteiger partial charge in [0.2, 0.25) is 0 Å². The molecule has 3 N–H and O–H groups in total. The molecule has 2 aliphatic rings. The van der Waals surface area contributed by atoms with Crippen LogP contribution in [0, 0.1) is 17.8 Å². The molecular weight excluding hydrogens is 240 g/mol. The number of hydrogen-bond donors (Lipinski definition) is 2. The molecule has 1 saturated carbocycles. The minimum atomic E-state index is -0.0298. The Morgan fingerprint density at radius 3 is 2.58 bits per heavy atom. The lowest BCUT2D eigenvalue weighted by atomic mass is 9.72. The predicted molar refractivity (Wildman–Crippen MR) is 76.9 cm³/mol. The zero-order valence-electron chi connectivity index (χ0n) is 12.6. The Labute approximate surface area is 117 Å². The molecule has 1 aliphatic carbocycles. The van der Waals surface area contributed by atoms with Crippen molar-refractivity contribution in [1.29, 1.82) is 0 Å². The van der Waals surface area contributed by atoms with Crippen LogP contribution in [0.1, 0.15) is 33.6 Å². The van der Waals surface area contributed by atoms with E-state index in [4.69, 9.17) is 10.5 Å². The molecule has 19 heavy (non-hydrogen) atoms. The van der Waals surface area contributed by atoms with E-state index < -0.39 is 0 Å². The third-order valence-corrected chi connectivity index (χ3v) is 4.80. The van der Waals surface area contributed by atoms with Crippen molar-refractivity contribution in [3.63, 3.8) is 0 Å². The molecule has 0 aromatic heterocycles. The highest BCUT2D eigenvalue weighted by Crippen LogP contribution is 2.33. The molecule has 6 unspecified atom stereocenters. The first-order valence-electron chi connectivity index (χ1n) is 7.73. The van der Waals surface area contributed by atoms with Crippen molar-refractivity contribution in [3.8, 4) is 0 Å². The first-order valence-corrected chi connectivity index (χ1v) is 7.73. The SMILES string of the molecule is CC1CC(C)C(CN2CC(C)OC(CO)C2)C(N)C1. The van der Waals surface area contributed by atoms with Gasteiger partial charge in [0, 0.05) is 25.7 Å². The zero-order chi connectivity index (χ0) is 14.0. The van der Waals surface area contributed by atoms with E-state index in [1.54, 1.807) is 0 Å². The molecule has 4 nitrogen and oxygen atoms in total. The van der Waals surface area contributed by atoms with Gasteiger partial charge in [-0.2, -0.15) is 0 Å². The number of aliphatic hydroxyl groups is 1. The van der Waals surface area contributed by atoms with Gasteiger partial charge < -0.3 is 15.6 Å². The van der Waals surface area contributed by atoms with Crippen LogP contribution in [-0.2, 0) is 4.74 Å². The Morgan fingerprint density at radius 1 is 1.21 bits per heavy atom. The third-order valence-electron chi connectivity index (χ3n) is 4.80. The number of nitrogens with zero attached hydrogens (tertiary/aromatic N) is 1. The predicted octanol–water partition coefficient (Wildman–Crippen LogP) is 1.08. The summed E-state index contributed by atoms with van der Waals surface area (Å²) in [6.07, 6.45) is 2.62. The van der Waals surface area contributed by atoms with Gasteiger partial charge in [0.1, 0.15) is 0 Å². The molecule has 0 radical (unpaired) electrons. The second kappa shape index (κ2) is 6.53. The van der Waals surface area contributed by atoms with Crippen molar-refractivity contribution < 1.29 is 9.84 Å². The van der Waals surface area contributed by atoms with E-state index in [0.717, 1.165) is 32.0 Å². The highest BCUT2D eigenvalue weighted by atomic mass is 16.5. The third kappa shape index (κ3) is 3.91. The summed E-state index contributed by atoms with van der Waals surface area (Å²) < 4.78 is 5.70. The van der Waals surface area contributed by atoms with Gasteiger partial charge >= 0.3 is 0 Å². The van der Waals surface area contributed by atoms with Gasteiger partial charge in [0.15, 0.2) is 0 Å². The van der Waals surface area contributed by atoms with E-state index in [1.165, 1.54) is 6.42 Å². The van der Waals surface area contributed by atoms with Crippen LogP contribution in [0.5, 0.6) is 0 Å². The fraction of sp³-hybridized carbons (Fsp3) is 1.00. The number of rotatable bonds is 3. The standard InChI is InChI=1S/C15H30N2O2/c1-10-4-11(2)14(15(16)5-10)8-17-6-12(3)19-13(7-17)9-18/h10-15,18H,4-9,16H2,1-3H3. The molecule has 2 rings (SSSR count). The smallest absolute Gasteiger partial charge is 0.0936 e. The Bertz CT molecular complexity index is 275. The summed E-state index contributed by atoms with van der Waals surface area (Å²) in [7, 11) is 0. The molecule has 0 aromatic rings. The average Bonchev–Trinajstić information content (AvgIpc) is 2.33. The fourth-order valence-electron chi connectivity index (χ4n) is 3.97. The summed E-state index contributed by atoms with van der Waals surface area (Å²) in [5.74, 6) is 2.04. The second-order valence-electron chi connectivity index (χ2n) is 6.85. The Hall–Kier alpha value is -0.160. The van der Waals surface area contributed by atoms with Crippen molar-refractivity contribution in [2.45, 2.75) is 51.9 Å². The molecule has 0 spiro atoms. The molecule has 0 bridgehead atoms. The summed E-state index contributed by atoms with van der Waals surface area (Å²) in [4.78, 5) is 2.44. The van der Waals surface area contributed by atoms with Crippen molar-refractivity contribution >= 4 is 0 Å². The lowest BCUT2D eigenvalue weighted by Gasteiger charge is -2.43. The minimum absolute atomic E-state index is 0.0298. The van der Waals surface area contributed by atoms with Gasteiger partial charge in [-0.3, -0.25) is 4.90 Å². The Balaban J connectivity index is 1.92. The largest absolute Gasteiger partial charge is 0.394 e. The van der Waals surface area contributed by atoms with Crippen LogP contribution in [-0.4, -0.2) is 54.5 Å². The van der Waals surface area contributed by atoms with Crippen LogP contribution in [0.15, 0.2) is 0 Å². The van der Waals surface area contributed by atoms with E-state index >= 15 is 0 Å². The van der Waals surface area contributed by atoms with Crippen molar-refractivity contribution in [1.82, 2.24) is 4.90 Å². The molecule has 112 valence electrons. The first kappa shape index (κ1) is 15.2. The van der Waals surface area contributed by atoms with Crippen molar-refractivity contribution in [2.75, 3.05) is 26.2 Å². The fourth-order valence-corrected chi connectivity index (χ4v) is 3.97. The van der Waals surface area contributed by atoms with E-state index in [9.17, 15) is 5.11 Å². The van der Waals surface area contributed by atoms with Gasteiger partial charge in [-0.25, -0.2) is 0 Å². The first-order chi connectivity index (χ1) is 8.99. The molecule has 4 heteroatoms. The van der Waals surface area contributed by atoms with Crippen molar-refractivity contribution in [3.05, 3.63) is 0 Å². The zero-order valence-corrected chi connectivity index (χ0v) is 12.6. The topological polar surface area (TPSA) is 58.7 Å². The van der Waals surface area contributed by atoms with Gasteiger partial charge in [-0.05, 0) is 37.5 Å². The van der Waals surface area contributed by atoms with E-state index in [0.29, 0.717) is 17.9 Å². The minimum Gasteiger partial charge on any atom is -0.394 e. The summed E-state index contributed by atoms with van der Waals surface area (Å²) >= 11 is 0. The Kier molecular flexibility index (Phi) is 5.23. The molecule has 2 fully saturated rings. The highest BCUT2D eigenvalue weighted by molar-refractivity contribution is 4.88. The molecule has 6 atom stereocenters. The summed E-state index contributed by atoms with van der Waals surface area (Å²) in [6, 6.07) is 0.324. The van der Waals surface area contributed by atoms with E-state index in [1.807, 2.05) is 0 Å². The van der Waals surface area contributed by atoms with Gasteiger partial charge in [-0.15, -0.1) is 0 Å². The maximum Gasteiger partial charge on any atom is 0.0936 e. The maximum atomic E-state index is 9.29. The molecule has 0 aromatic carbocycles. The van der Waals surface area contributed by atoms with Crippen molar-refractivity contribution in [2.24, 2.45) is 23.5 Å². The van der Waals surface area contributed by atoms with Crippen LogP contribution in [0.2, 0.25) is 0 Å². The van der Waals surface area contributed by atoms with E-state index in [2.05, 4.69) is 25.7 Å². The number of ether oxygens (including phenoxy) is 1. The Morgan fingerprint density at radius 2 is 1.95 bits per heavy atom. The quantitative estimate of drug-likeness (QED) is 0.805. The van der Waals surface area contributed by atoms with Crippen LogP contribution in [0.4, 0.5) is 0 Å². The number of aliphatic hydroxyl groups excluding tert-OH is 1. The maximum absolute atomic E-state index is 9.29. The van der Waals surface area contributed by atoms with Gasteiger partial charge in [0.25, 0.3) is 0 Å². The second-order valence-corrected chi connectivity index (χ2v) is 6.85. The average molecular weight is 270 g/mol. The van der Waals surface area contributed by atoms with Crippen LogP contribution in [0.25, 0.3) is 0 Å². The molecule has 1 aliphatic heterocycles.